The molecule has 27 heavy (non-hydrogen) atoms. The molecule has 0 saturated carbocycles. The number of hydrogen-bond donors (Lipinski definition) is 1. The Balaban J connectivity index is 0.00000364. The number of carbonyl (C=O) groups excluding carboxylic acids is 1. The average Bonchev–Trinajstić information content (AvgIpc) is 2.64. The van der Waals surface area contributed by atoms with Crippen LogP contribution in [0, 0.1) is 0 Å². The molecule has 0 aliphatic heterocycles. The van der Waals surface area contributed by atoms with E-state index in [0.717, 1.165) is 38.0 Å². The zero-order valence-corrected chi connectivity index (χ0v) is 18.2. The van der Waals surface area contributed by atoms with Crippen molar-refractivity contribution in [3.05, 3.63) is 59.2 Å². The fourth-order valence-electron chi connectivity index (χ4n) is 2.93. The molecule has 0 heterocycles. The molecule has 0 bridgehead atoms. The molecular formula is C21H24NNaO4. The summed E-state index contributed by atoms with van der Waals surface area (Å²) in [6, 6.07) is 10.7. The van der Waals surface area contributed by atoms with E-state index in [4.69, 9.17) is 0 Å². The van der Waals surface area contributed by atoms with Gasteiger partial charge in [0.25, 0.3) is 0 Å². The predicted octanol–water partition coefficient (Wildman–Crippen LogP) is 0.710. The number of ketones is 1. The molecule has 0 saturated heterocycles. The van der Waals surface area contributed by atoms with Gasteiger partial charge in [-0.2, -0.15) is 0 Å². The molecule has 0 aliphatic rings. The van der Waals surface area contributed by atoms with Crippen molar-refractivity contribution in [3.8, 4) is 5.75 Å². The van der Waals surface area contributed by atoms with E-state index >= 15 is 0 Å². The van der Waals surface area contributed by atoms with Gasteiger partial charge in [-0.3, -0.25) is 4.79 Å². The fourth-order valence-corrected chi connectivity index (χ4v) is 2.93. The van der Waals surface area contributed by atoms with Gasteiger partial charge in [-0.05, 0) is 37.6 Å². The van der Waals surface area contributed by atoms with Crippen LogP contribution in [0.4, 0.5) is 5.69 Å². The third kappa shape index (κ3) is 5.83. The van der Waals surface area contributed by atoms with E-state index in [1.807, 2.05) is 6.92 Å². The zero-order valence-electron chi connectivity index (χ0n) is 16.2. The van der Waals surface area contributed by atoms with Crippen molar-refractivity contribution in [2.45, 2.75) is 33.1 Å². The minimum absolute atomic E-state index is 0. The SMILES string of the molecule is CCCCCN(CC)c1ccc(C(=O)c2ccccc2C(=O)O)c([O-])c1.[Na+]. The molecule has 2 aromatic carbocycles. The molecule has 0 spiro atoms. The molecule has 0 fully saturated rings. The molecule has 0 aliphatic carbocycles. The van der Waals surface area contributed by atoms with Crippen LogP contribution >= 0.6 is 0 Å². The van der Waals surface area contributed by atoms with Gasteiger partial charge in [-0.1, -0.05) is 43.7 Å². The Labute approximate surface area is 182 Å². The number of unbranched alkanes of at least 4 members (excludes halogenated alkanes) is 2. The predicted molar refractivity (Wildman–Crippen MR) is 100 cm³/mol. The van der Waals surface area contributed by atoms with Gasteiger partial charge >= 0.3 is 35.5 Å². The molecule has 0 atom stereocenters. The first-order valence-electron chi connectivity index (χ1n) is 8.92. The third-order valence-electron chi connectivity index (χ3n) is 4.39. The van der Waals surface area contributed by atoms with Crippen LogP contribution in [0.25, 0.3) is 0 Å². The second kappa shape index (κ2) is 11.1. The van der Waals surface area contributed by atoms with Crippen LogP contribution in [0.15, 0.2) is 42.5 Å². The second-order valence-corrected chi connectivity index (χ2v) is 6.15. The molecule has 6 heteroatoms. The van der Waals surface area contributed by atoms with Gasteiger partial charge < -0.3 is 15.1 Å². The number of aromatic carboxylic acids is 1. The third-order valence-corrected chi connectivity index (χ3v) is 4.39. The van der Waals surface area contributed by atoms with E-state index in [1.54, 1.807) is 18.2 Å². The number of carboxylic acids is 1. The molecule has 0 amide bonds. The van der Waals surface area contributed by atoms with Gasteiger partial charge in [0.15, 0.2) is 5.78 Å². The largest absolute Gasteiger partial charge is 1.00 e. The van der Waals surface area contributed by atoms with Crippen molar-refractivity contribution >= 4 is 17.4 Å². The Kier molecular flexibility index (Phi) is 9.56. The summed E-state index contributed by atoms with van der Waals surface area (Å²) in [6.07, 6.45) is 3.30. The molecule has 0 unspecified atom stereocenters. The van der Waals surface area contributed by atoms with E-state index in [1.165, 1.54) is 24.3 Å². The number of carboxylic acid groups (broad SMARTS) is 1. The van der Waals surface area contributed by atoms with Crippen LogP contribution in [0.1, 0.15) is 59.4 Å². The van der Waals surface area contributed by atoms with Gasteiger partial charge in [0.2, 0.25) is 0 Å². The first-order valence-corrected chi connectivity index (χ1v) is 8.92. The van der Waals surface area contributed by atoms with E-state index in [2.05, 4.69) is 11.8 Å². The summed E-state index contributed by atoms with van der Waals surface area (Å²) < 4.78 is 0. The summed E-state index contributed by atoms with van der Waals surface area (Å²) in [5.74, 6) is -2.14. The Morgan fingerprint density at radius 1 is 1.00 bits per heavy atom. The van der Waals surface area contributed by atoms with E-state index < -0.39 is 11.8 Å². The maximum absolute atomic E-state index is 12.7. The minimum Gasteiger partial charge on any atom is -0.872 e. The molecular weight excluding hydrogens is 353 g/mol. The molecule has 0 aromatic heterocycles. The van der Waals surface area contributed by atoms with Crippen molar-refractivity contribution in [3.63, 3.8) is 0 Å². The van der Waals surface area contributed by atoms with E-state index in [-0.39, 0.29) is 52.0 Å². The molecule has 138 valence electrons. The number of anilines is 1. The van der Waals surface area contributed by atoms with Crippen molar-refractivity contribution < 1.29 is 49.4 Å². The topological polar surface area (TPSA) is 80.7 Å². The molecule has 5 nitrogen and oxygen atoms in total. The Morgan fingerprint density at radius 3 is 2.22 bits per heavy atom. The second-order valence-electron chi connectivity index (χ2n) is 6.15. The Bertz CT molecular complexity index is 792. The summed E-state index contributed by atoms with van der Waals surface area (Å²) in [6.45, 7) is 5.80. The summed E-state index contributed by atoms with van der Waals surface area (Å²) >= 11 is 0. The van der Waals surface area contributed by atoms with Gasteiger partial charge in [0.05, 0.1) is 5.56 Å². The first-order chi connectivity index (χ1) is 12.5. The van der Waals surface area contributed by atoms with Crippen LogP contribution in [0.2, 0.25) is 0 Å². The molecule has 0 radical (unpaired) electrons. The van der Waals surface area contributed by atoms with Gasteiger partial charge in [0, 0.05) is 29.9 Å². The van der Waals surface area contributed by atoms with Crippen molar-refractivity contribution in [2.75, 3.05) is 18.0 Å². The Hall–Kier alpha value is -1.82. The monoisotopic (exact) mass is 377 g/mol. The number of carbonyl (C=O) groups is 2. The Morgan fingerprint density at radius 2 is 1.67 bits per heavy atom. The van der Waals surface area contributed by atoms with Crippen molar-refractivity contribution in [2.24, 2.45) is 0 Å². The summed E-state index contributed by atoms with van der Waals surface area (Å²) in [5.41, 5.74) is 0.708. The quantitative estimate of drug-likeness (QED) is 0.396. The summed E-state index contributed by atoms with van der Waals surface area (Å²) in [5, 5.41) is 21.7. The van der Waals surface area contributed by atoms with Crippen LogP contribution in [0.3, 0.4) is 0 Å². The molecule has 2 rings (SSSR count). The molecule has 1 N–H and O–H groups in total. The van der Waals surface area contributed by atoms with Crippen LogP contribution in [-0.2, 0) is 0 Å². The van der Waals surface area contributed by atoms with Crippen molar-refractivity contribution in [1.82, 2.24) is 0 Å². The average molecular weight is 377 g/mol. The number of rotatable bonds is 9. The van der Waals surface area contributed by atoms with Crippen LogP contribution in [-0.4, -0.2) is 29.9 Å². The first kappa shape index (κ1) is 23.2. The summed E-state index contributed by atoms with van der Waals surface area (Å²) in [4.78, 5) is 26.1. The van der Waals surface area contributed by atoms with Gasteiger partial charge in [0.1, 0.15) is 0 Å². The number of hydrogen-bond acceptors (Lipinski definition) is 4. The number of nitrogens with zero attached hydrogens (tertiary/aromatic N) is 1. The maximum Gasteiger partial charge on any atom is 1.00 e. The van der Waals surface area contributed by atoms with Gasteiger partial charge in [-0.25, -0.2) is 4.79 Å². The van der Waals surface area contributed by atoms with Crippen LogP contribution in [0.5, 0.6) is 5.75 Å². The van der Waals surface area contributed by atoms with E-state index in [9.17, 15) is 19.8 Å². The standard InChI is InChI=1S/C21H25NO4.Na/c1-3-5-8-13-22(4-2)15-11-12-18(19(23)14-15)20(24)16-9-6-7-10-17(16)21(25)26;/h6-7,9-12,14,23H,3-5,8,13H2,1-2H3,(H,25,26);/q;+1/p-1. The van der Waals surface area contributed by atoms with Gasteiger partial charge in [-0.15, -0.1) is 0 Å². The van der Waals surface area contributed by atoms with Crippen LogP contribution < -0.4 is 39.6 Å². The fraction of sp³-hybridized carbons (Fsp3) is 0.333. The number of benzene rings is 2. The minimum atomic E-state index is -1.19. The van der Waals surface area contributed by atoms with E-state index in [0.29, 0.717) is 0 Å². The maximum atomic E-state index is 12.7. The smallest absolute Gasteiger partial charge is 0.872 e. The summed E-state index contributed by atoms with van der Waals surface area (Å²) in [7, 11) is 0. The normalized spacial score (nSPS) is 10.1. The molecule has 2 aromatic rings. The zero-order chi connectivity index (χ0) is 19.1. The van der Waals surface area contributed by atoms with Crippen molar-refractivity contribution in [1.29, 1.82) is 0 Å².